The molecule has 0 saturated carbocycles. The summed E-state index contributed by atoms with van der Waals surface area (Å²) in [6.07, 6.45) is -3.27. The molecule has 0 amide bonds. The van der Waals surface area contributed by atoms with Gasteiger partial charge in [0.15, 0.2) is 0 Å². The maximum absolute atomic E-state index is 12.6. The van der Waals surface area contributed by atoms with Gasteiger partial charge in [-0.25, -0.2) is 8.42 Å². The van der Waals surface area contributed by atoms with E-state index in [1.807, 2.05) is 0 Å². The van der Waals surface area contributed by atoms with Crippen molar-refractivity contribution in [3.8, 4) is 0 Å². The molecule has 0 spiro atoms. The molecule has 3 nitrogen and oxygen atoms in total. The molecule has 1 aromatic rings. The maximum Gasteiger partial charge on any atom is 0.416 e. The predicted octanol–water partition coefficient (Wildman–Crippen LogP) is 2.79. The SMILES string of the molecule is CNC(c1ccc(C(F)(F)F)cc1)C1CCS(=O)(=O)CC1. The molecule has 0 radical (unpaired) electrons. The minimum Gasteiger partial charge on any atom is -0.313 e. The Bertz CT molecular complexity index is 567. The van der Waals surface area contributed by atoms with E-state index in [2.05, 4.69) is 5.32 Å². The van der Waals surface area contributed by atoms with Crippen LogP contribution in [0.5, 0.6) is 0 Å². The van der Waals surface area contributed by atoms with Crippen molar-refractivity contribution in [3.05, 3.63) is 35.4 Å². The van der Waals surface area contributed by atoms with Gasteiger partial charge in [-0.1, -0.05) is 12.1 Å². The number of halogens is 3. The summed E-state index contributed by atoms with van der Waals surface area (Å²) in [6.45, 7) is 0. The molecule has 1 fully saturated rings. The van der Waals surface area contributed by atoms with Gasteiger partial charge >= 0.3 is 6.18 Å². The third-order valence-corrected chi connectivity index (χ3v) is 5.69. The highest BCUT2D eigenvalue weighted by molar-refractivity contribution is 7.91. The zero-order valence-electron chi connectivity index (χ0n) is 11.7. The highest BCUT2D eigenvalue weighted by atomic mass is 32.2. The molecule has 7 heteroatoms. The van der Waals surface area contributed by atoms with Crippen LogP contribution in [0.3, 0.4) is 0 Å². The lowest BCUT2D eigenvalue weighted by Crippen LogP contribution is -2.32. The van der Waals surface area contributed by atoms with Crippen molar-refractivity contribution in [2.45, 2.75) is 25.1 Å². The molecule has 1 atom stereocenters. The van der Waals surface area contributed by atoms with E-state index < -0.39 is 21.6 Å². The van der Waals surface area contributed by atoms with Crippen LogP contribution in [0.2, 0.25) is 0 Å². The minimum atomic E-state index is -4.34. The lowest BCUT2D eigenvalue weighted by atomic mass is 9.88. The van der Waals surface area contributed by atoms with Crippen LogP contribution in [0, 0.1) is 5.92 Å². The van der Waals surface area contributed by atoms with E-state index in [1.54, 1.807) is 7.05 Å². The summed E-state index contributed by atoms with van der Waals surface area (Å²) in [6, 6.07) is 4.95. The van der Waals surface area contributed by atoms with Crippen LogP contribution in [0.1, 0.15) is 30.0 Å². The van der Waals surface area contributed by atoms with E-state index in [1.165, 1.54) is 12.1 Å². The van der Waals surface area contributed by atoms with Crippen molar-refractivity contribution in [2.24, 2.45) is 5.92 Å². The van der Waals surface area contributed by atoms with Crippen molar-refractivity contribution in [2.75, 3.05) is 18.6 Å². The number of alkyl halides is 3. The quantitative estimate of drug-likeness (QED) is 0.931. The fourth-order valence-corrected chi connectivity index (χ4v) is 4.32. The molecule has 1 unspecified atom stereocenters. The Labute approximate surface area is 122 Å². The summed E-state index contributed by atoms with van der Waals surface area (Å²) < 4.78 is 60.6. The Morgan fingerprint density at radius 1 is 1.14 bits per heavy atom. The van der Waals surface area contributed by atoms with E-state index in [-0.39, 0.29) is 23.5 Å². The molecule has 21 heavy (non-hydrogen) atoms. The topological polar surface area (TPSA) is 46.2 Å². The Morgan fingerprint density at radius 2 is 1.67 bits per heavy atom. The summed E-state index contributed by atoms with van der Waals surface area (Å²) in [5.41, 5.74) is 0.0853. The Morgan fingerprint density at radius 3 is 2.10 bits per heavy atom. The number of sulfone groups is 1. The van der Waals surface area contributed by atoms with Crippen molar-refractivity contribution in [3.63, 3.8) is 0 Å². The van der Waals surface area contributed by atoms with Gasteiger partial charge in [-0.2, -0.15) is 13.2 Å². The van der Waals surface area contributed by atoms with Crippen molar-refractivity contribution in [1.82, 2.24) is 5.32 Å². The lowest BCUT2D eigenvalue weighted by molar-refractivity contribution is -0.137. The zero-order valence-corrected chi connectivity index (χ0v) is 12.5. The first-order chi connectivity index (χ1) is 9.73. The largest absolute Gasteiger partial charge is 0.416 e. The molecule has 2 rings (SSSR count). The Hall–Kier alpha value is -1.08. The van der Waals surface area contributed by atoms with Gasteiger partial charge in [-0.15, -0.1) is 0 Å². The lowest BCUT2D eigenvalue weighted by Gasteiger charge is -2.30. The number of hydrogen-bond acceptors (Lipinski definition) is 3. The first-order valence-electron chi connectivity index (χ1n) is 6.78. The molecule has 1 saturated heterocycles. The minimum absolute atomic E-state index is 0.121. The standard InChI is InChI=1S/C14H18F3NO2S/c1-18-13(11-6-8-21(19,20)9-7-11)10-2-4-12(5-3-10)14(15,16)17/h2-5,11,13,18H,6-9H2,1H3. The van der Waals surface area contributed by atoms with Crippen LogP contribution < -0.4 is 5.32 Å². The van der Waals surface area contributed by atoms with Gasteiger partial charge in [0.2, 0.25) is 0 Å². The molecule has 1 aliphatic heterocycles. The van der Waals surface area contributed by atoms with E-state index in [0.717, 1.165) is 17.7 Å². The van der Waals surface area contributed by atoms with Crippen LogP contribution in [-0.4, -0.2) is 27.0 Å². The van der Waals surface area contributed by atoms with Crippen molar-refractivity contribution < 1.29 is 21.6 Å². The Balaban J connectivity index is 2.15. The predicted molar refractivity (Wildman–Crippen MR) is 74.6 cm³/mol. The van der Waals surface area contributed by atoms with Gasteiger partial charge in [-0.05, 0) is 43.5 Å². The number of hydrogen-bond donors (Lipinski definition) is 1. The monoisotopic (exact) mass is 321 g/mol. The molecule has 0 aromatic heterocycles. The Kier molecular flexibility index (Phi) is 4.63. The van der Waals surface area contributed by atoms with Gasteiger partial charge in [0.05, 0.1) is 17.1 Å². The maximum atomic E-state index is 12.6. The molecular weight excluding hydrogens is 303 g/mol. The molecule has 0 bridgehead atoms. The average Bonchev–Trinajstić information content (AvgIpc) is 2.41. The second-order valence-electron chi connectivity index (χ2n) is 5.38. The van der Waals surface area contributed by atoms with E-state index in [9.17, 15) is 21.6 Å². The normalized spacial score (nSPS) is 21.1. The van der Waals surface area contributed by atoms with Gasteiger partial charge in [0, 0.05) is 6.04 Å². The summed E-state index contributed by atoms with van der Waals surface area (Å²) >= 11 is 0. The number of rotatable bonds is 3. The first kappa shape index (κ1) is 16.3. The molecule has 118 valence electrons. The van der Waals surface area contributed by atoms with Crippen molar-refractivity contribution in [1.29, 1.82) is 0 Å². The summed E-state index contributed by atoms with van der Waals surface area (Å²) in [5, 5.41) is 3.10. The second-order valence-corrected chi connectivity index (χ2v) is 7.68. The van der Waals surface area contributed by atoms with Crippen LogP contribution in [0.25, 0.3) is 0 Å². The zero-order chi connectivity index (χ0) is 15.7. The average molecular weight is 321 g/mol. The van der Waals surface area contributed by atoms with Crippen LogP contribution >= 0.6 is 0 Å². The van der Waals surface area contributed by atoms with E-state index in [0.29, 0.717) is 12.8 Å². The van der Waals surface area contributed by atoms with Crippen molar-refractivity contribution >= 4 is 9.84 Å². The first-order valence-corrected chi connectivity index (χ1v) is 8.60. The number of nitrogens with one attached hydrogen (secondary N) is 1. The van der Waals surface area contributed by atoms with Crippen LogP contribution in [-0.2, 0) is 16.0 Å². The van der Waals surface area contributed by atoms with E-state index in [4.69, 9.17) is 0 Å². The smallest absolute Gasteiger partial charge is 0.313 e. The molecule has 1 heterocycles. The number of benzene rings is 1. The van der Waals surface area contributed by atoms with Gasteiger partial charge < -0.3 is 5.32 Å². The van der Waals surface area contributed by atoms with Gasteiger partial charge in [0.25, 0.3) is 0 Å². The van der Waals surface area contributed by atoms with E-state index >= 15 is 0 Å². The summed E-state index contributed by atoms with van der Waals surface area (Å²) in [5.74, 6) is 0.419. The molecule has 1 aromatic carbocycles. The summed E-state index contributed by atoms with van der Waals surface area (Å²) in [4.78, 5) is 0. The van der Waals surface area contributed by atoms with Gasteiger partial charge in [-0.3, -0.25) is 0 Å². The molecule has 1 N–H and O–H groups in total. The molecule has 0 aliphatic carbocycles. The third kappa shape index (κ3) is 3.97. The van der Waals surface area contributed by atoms with Crippen LogP contribution in [0.15, 0.2) is 24.3 Å². The fraction of sp³-hybridized carbons (Fsp3) is 0.571. The molecule has 1 aliphatic rings. The third-order valence-electron chi connectivity index (χ3n) is 3.98. The second kappa shape index (κ2) is 5.96. The highest BCUT2D eigenvalue weighted by Gasteiger charge is 2.32. The van der Waals surface area contributed by atoms with Gasteiger partial charge in [0.1, 0.15) is 9.84 Å². The fourth-order valence-electron chi connectivity index (χ4n) is 2.80. The summed E-state index contributed by atoms with van der Waals surface area (Å²) in [7, 11) is -1.20. The highest BCUT2D eigenvalue weighted by Crippen LogP contribution is 2.34. The van der Waals surface area contributed by atoms with Crippen LogP contribution in [0.4, 0.5) is 13.2 Å². The molecular formula is C14H18F3NO2S.